The van der Waals surface area contributed by atoms with Gasteiger partial charge in [0.2, 0.25) is 10.0 Å². The van der Waals surface area contributed by atoms with Gasteiger partial charge in [0.25, 0.3) is 0 Å². The van der Waals surface area contributed by atoms with Crippen LogP contribution in [0.2, 0.25) is 0 Å². The summed E-state index contributed by atoms with van der Waals surface area (Å²) in [5, 5.41) is 0. The molecule has 0 amide bonds. The average Bonchev–Trinajstić information content (AvgIpc) is 2.27. The van der Waals surface area contributed by atoms with E-state index in [9.17, 15) is 8.42 Å². The fraction of sp³-hybridized carbons (Fsp3) is 0.538. The van der Waals surface area contributed by atoms with Gasteiger partial charge in [-0.2, -0.15) is 4.31 Å². The van der Waals surface area contributed by atoms with Gasteiger partial charge >= 0.3 is 0 Å². The van der Waals surface area contributed by atoms with Crippen LogP contribution in [0.25, 0.3) is 0 Å². The predicted molar refractivity (Wildman–Crippen MR) is 75.9 cm³/mol. The fourth-order valence-corrected chi connectivity index (χ4v) is 4.26. The number of hydrogen-bond acceptors (Lipinski definition) is 2. The van der Waals surface area contributed by atoms with E-state index in [0.717, 1.165) is 17.3 Å². The van der Waals surface area contributed by atoms with Crippen LogP contribution < -0.4 is 0 Å². The second-order valence-corrected chi connectivity index (χ2v) is 7.56. The Morgan fingerprint density at radius 1 is 1.39 bits per heavy atom. The molecule has 0 spiro atoms. The van der Waals surface area contributed by atoms with Crippen molar-refractivity contribution in [1.82, 2.24) is 4.31 Å². The maximum atomic E-state index is 12.5. The van der Waals surface area contributed by atoms with E-state index in [-0.39, 0.29) is 0 Å². The van der Waals surface area contributed by atoms with Gasteiger partial charge in [-0.3, -0.25) is 0 Å². The van der Waals surface area contributed by atoms with E-state index < -0.39 is 10.0 Å². The smallest absolute Gasteiger partial charge is 0.207 e. The topological polar surface area (TPSA) is 37.4 Å². The predicted octanol–water partition coefficient (Wildman–Crippen LogP) is 3.26. The molecule has 2 rings (SSSR count). The zero-order chi connectivity index (χ0) is 13.2. The summed E-state index contributed by atoms with van der Waals surface area (Å²) < 4.78 is 27.4. The molecule has 0 heterocycles. The van der Waals surface area contributed by atoms with Crippen molar-refractivity contribution < 1.29 is 8.42 Å². The van der Waals surface area contributed by atoms with Crippen molar-refractivity contribution in [2.75, 3.05) is 13.1 Å². The van der Waals surface area contributed by atoms with Gasteiger partial charge < -0.3 is 0 Å². The minimum Gasteiger partial charge on any atom is -0.207 e. The van der Waals surface area contributed by atoms with Gasteiger partial charge in [-0.25, -0.2) is 8.42 Å². The van der Waals surface area contributed by atoms with E-state index in [1.165, 1.54) is 6.42 Å². The Labute approximate surface area is 117 Å². The van der Waals surface area contributed by atoms with Crippen LogP contribution in [0.5, 0.6) is 0 Å². The SMILES string of the molecule is CCN(CC1CCC1)S(=O)(=O)c1cccc(Br)c1. The third-order valence-corrected chi connectivity index (χ3v) is 5.90. The van der Waals surface area contributed by atoms with Crippen molar-refractivity contribution in [3.8, 4) is 0 Å². The highest BCUT2D eigenvalue weighted by Crippen LogP contribution is 2.29. The lowest BCUT2D eigenvalue weighted by Gasteiger charge is -2.31. The summed E-state index contributed by atoms with van der Waals surface area (Å²) in [6.45, 7) is 3.09. The van der Waals surface area contributed by atoms with Gasteiger partial charge in [-0.1, -0.05) is 35.3 Å². The quantitative estimate of drug-likeness (QED) is 0.830. The van der Waals surface area contributed by atoms with Crippen LogP contribution in [0.15, 0.2) is 33.6 Å². The van der Waals surface area contributed by atoms with Crippen LogP contribution in [0.4, 0.5) is 0 Å². The first-order valence-electron chi connectivity index (χ1n) is 6.29. The summed E-state index contributed by atoms with van der Waals surface area (Å²) >= 11 is 3.32. The van der Waals surface area contributed by atoms with Crippen molar-refractivity contribution in [2.24, 2.45) is 5.92 Å². The standard InChI is InChI=1S/C13H18BrNO2S/c1-2-15(10-11-5-3-6-11)18(16,17)13-8-4-7-12(14)9-13/h4,7-9,11H,2-3,5-6,10H2,1H3. The van der Waals surface area contributed by atoms with Gasteiger partial charge in [0, 0.05) is 17.6 Å². The summed E-state index contributed by atoms with van der Waals surface area (Å²) in [4.78, 5) is 0.373. The van der Waals surface area contributed by atoms with Crippen LogP contribution in [-0.2, 0) is 10.0 Å². The molecule has 3 nitrogen and oxygen atoms in total. The molecule has 0 aliphatic heterocycles. The largest absolute Gasteiger partial charge is 0.243 e. The van der Waals surface area contributed by atoms with Crippen molar-refractivity contribution >= 4 is 26.0 Å². The van der Waals surface area contributed by atoms with Crippen LogP contribution >= 0.6 is 15.9 Å². The second kappa shape index (κ2) is 5.72. The summed E-state index contributed by atoms with van der Waals surface area (Å²) in [5.41, 5.74) is 0. The third kappa shape index (κ3) is 2.95. The minimum atomic E-state index is -3.34. The summed E-state index contributed by atoms with van der Waals surface area (Å²) in [5.74, 6) is 0.548. The molecule has 0 radical (unpaired) electrons. The molecule has 0 N–H and O–H groups in total. The maximum Gasteiger partial charge on any atom is 0.243 e. The van der Waals surface area contributed by atoms with Crippen molar-refractivity contribution in [3.63, 3.8) is 0 Å². The molecule has 0 bridgehead atoms. The van der Waals surface area contributed by atoms with E-state index >= 15 is 0 Å². The zero-order valence-corrected chi connectivity index (χ0v) is 12.9. The minimum absolute atomic E-state index is 0.373. The van der Waals surface area contributed by atoms with Crippen LogP contribution in [0, 0.1) is 5.92 Å². The maximum absolute atomic E-state index is 12.5. The lowest BCUT2D eigenvalue weighted by molar-refractivity contribution is 0.250. The van der Waals surface area contributed by atoms with Crippen LogP contribution in [-0.4, -0.2) is 25.8 Å². The van der Waals surface area contributed by atoms with Crippen molar-refractivity contribution in [3.05, 3.63) is 28.7 Å². The number of sulfonamides is 1. The molecule has 100 valence electrons. The van der Waals surface area contributed by atoms with Gasteiger partial charge in [0.1, 0.15) is 0 Å². The Hall–Kier alpha value is -0.390. The summed E-state index contributed by atoms with van der Waals surface area (Å²) in [6, 6.07) is 6.91. The molecule has 1 aliphatic carbocycles. The lowest BCUT2D eigenvalue weighted by Crippen LogP contribution is -2.37. The van der Waals surface area contributed by atoms with Gasteiger partial charge in [-0.15, -0.1) is 0 Å². The summed E-state index contributed by atoms with van der Waals surface area (Å²) in [6.07, 6.45) is 3.55. The Morgan fingerprint density at radius 3 is 2.61 bits per heavy atom. The molecule has 1 fully saturated rings. The highest BCUT2D eigenvalue weighted by Gasteiger charge is 2.28. The Bertz CT molecular complexity index is 511. The second-order valence-electron chi connectivity index (χ2n) is 4.71. The number of nitrogens with zero attached hydrogens (tertiary/aromatic N) is 1. The Balaban J connectivity index is 2.21. The highest BCUT2D eigenvalue weighted by atomic mass is 79.9. The third-order valence-electron chi connectivity index (χ3n) is 3.47. The number of hydrogen-bond donors (Lipinski definition) is 0. The van der Waals surface area contributed by atoms with E-state index in [2.05, 4.69) is 15.9 Å². The van der Waals surface area contributed by atoms with Crippen molar-refractivity contribution in [1.29, 1.82) is 0 Å². The van der Waals surface area contributed by atoms with Gasteiger partial charge in [0.05, 0.1) is 4.90 Å². The molecule has 18 heavy (non-hydrogen) atoms. The Morgan fingerprint density at radius 2 is 2.11 bits per heavy atom. The van der Waals surface area contributed by atoms with Gasteiger partial charge in [0.15, 0.2) is 0 Å². The molecule has 0 aromatic heterocycles. The first-order chi connectivity index (χ1) is 8.54. The van der Waals surface area contributed by atoms with E-state index in [1.807, 2.05) is 13.0 Å². The molecule has 1 saturated carbocycles. The fourth-order valence-electron chi connectivity index (χ4n) is 2.14. The first kappa shape index (κ1) is 14.0. The van der Waals surface area contributed by atoms with E-state index in [4.69, 9.17) is 0 Å². The van der Waals surface area contributed by atoms with Gasteiger partial charge in [-0.05, 0) is 37.0 Å². The number of halogens is 1. The first-order valence-corrected chi connectivity index (χ1v) is 8.53. The molecule has 1 aliphatic rings. The molecular formula is C13H18BrNO2S. The molecule has 0 unspecified atom stereocenters. The lowest BCUT2D eigenvalue weighted by atomic mass is 9.85. The van der Waals surface area contributed by atoms with Crippen molar-refractivity contribution in [2.45, 2.75) is 31.1 Å². The zero-order valence-electron chi connectivity index (χ0n) is 10.5. The molecule has 1 aromatic rings. The number of rotatable bonds is 5. The highest BCUT2D eigenvalue weighted by molar-refractivity contribution is 9.10. The normalized spacial score (nSPS) is 16.8. The van der Waals surface area contributed by atoms with Crippen LogP contribution in [0.3, 0.4) is 0 Å². The summed E-state index contributed by atoms with van der Waals surface area (Å²) in [7, 11) is -3.34. The van der Waals surface area contributed by atoms with Crippen LogP contribution in [0.1, 0.15) is 26.2 Å². The Kier molecular flexibility index (Phi) is 4.45. The molecular weight excluding hydrogens is 314 g/mol. The molecule has 0 saturated heterocycles. The molecule has 5 heteroatoms. The molecule has 1 aromatic carbocycles. The van der Waals surface area contributed by atoms with E-state index in [1.54, 1.807) is 22.5 Å². The monoisotopic (exact) mass is 331 g/mol. The molecule has 0 atom stereocenters. The van der Waals surface area contributed by atoms with E-state index in [0.29, 0.717) is 23.9 Å². The number of benzene rings is 1. The average molecular weight is 332 g/mol.